The molecular weight excluding hydrogens is 242 g/mol. The topological polar surface area (TPSA) is 38.3 Å². The average molecular weight is 267 g/mol. The number of carbonyl (C=O) groups excluding carboxylic acids is 1. The fourth-order valence-corrected chi connectivity index (χ4v) is 3.44. The monoisotopic (exact) mass is 267 g/mol. The Morgan fingerprint density at radius 1 is 1.50 bits per heavy atom. The van der Waals surface area contributed by atoms with E-state index in [4.69, 9.17) is 10.8 Å². The Morgan fingerprint density at radius 3 is 2.44 bits per heavy atom. The summed E-state index contributed by atoms with van der Waals surface area (Å²) in [5.74, 6) is 2.59. The molecule has 1 amide bonds. The van der Waals surface area contributed by atoms with Crippen LogP contribution in [0.4, 0.5) is 0 Å². The fourth-order valence-electron chi connectivity index (χ4n) is 2.02. The van der Waals surface area contributed by atoms with Crippen molar-refractivity contribution in [2.45, 2.75) is 64.4 Å². The van der Waals surface area contributed by atoms with E-state index < -0.39 is 8.32 Å². The van der Waals surface area contributed by atoms with E-state index in [9.17, 15) is 4.79 Å². The van der Waals surface area contributed by atoms with Crippen molar-refractivity contribution in [1.82, 2.24) is 5.32 Å². The molecule has 1 heterocycles. The molecule has 1 rings (SSSR count). The Hall–Kier alpha value is -0.793. The van der Waals surface area contributed by atoms with Crippen LogP contribution < -0.4 is 5.32 Å². The Labute approximate surface area is 112 Å². The third kappa shape index (κ3) is 2.96. The number of terminal acetylenes is 1. The fraction of sp³-hybridized carbons (Fsp3) is 0.786. The van der Waals surface area contributed by atoms with E-state index in [0.717, 1.165) is 0 Å². The maximum Gasteiger partial charge on any atom is 0.228 e. The summed E-state index contributed by atoms with van der Waals surface area (Å²) < 4.78 is 6.26. The summed E-state index contributed by atoms with van der Waals surface area (Å²) in [6.45, 7) is 13.0. The standard InChI is InChI=1S/C14H25NO2Si/c1-8-9-11-12(13(16)15-11)10(2)17-18(6,7)14(3,4)5/h1,10-12H,9H2,2-7H3,(H,15,16)/t10-,11+,12+/m0/s1. The van der Waals surface area contributed by atoms with Gasteiger partial charge < -0.3 is 9.74 Å². The van der Waals surface area contributed by atoms with E-state index in [1.54, 1.807) is 0 Å². The first-order valence-corrected chi connectivity index (χ1v) is 9.42. The number of rotatable bonds is 4. The number of hydrogen-bond acceptors (Lipinski definition) is 2. The van der Waals surface area contributed by atoms with Gasteiger partial charge in [0.15, 0.2) is 8.32 Å². The van der Waals surface area contributed by atoms with Gasteiger partial charge in [0.25, 0.3) is 0 Å². The van der Waals surface area contributed by atoms with Crippen molar-refractivity contribution in [3.05, 3.63) is 0 Å². The Kier molecular flexibility index (Phi) is 4.29. The zero-order chi connectivity index (χ0) is 14.1. The van der Waals surface area contributed by atoms with Crippen molar-refractivity contribution in [2.24, 2.45) is 5.92 Å². The summed E-state index contributed by atoms with van der Waals surface area (Å²) in [7, 11) is -1.83. The SMILES string of the molecule is C#CC[C@H]1NC(=O)[C@@H]1[C@H](C)O[Si](C)(C)C(C)(C)C. The van der Waals surface area contributed by atoms with E-state index in [1.165, 1.54) is 0 Å². The minimum atomic E-state index is -1.83. The lowest BCUT2D eigenvalue weighted by molar-refractivity contribution is -0.139. The van der Waals surface area contributed by atoms with Crippen molar-refractivity contribution in [3.63, 3.8) is 0 Å². The molecule has 0 radical (unpaired) electrons. The van der Waals surface area contributed by atoms with Crippen molar-refractivity contribution >= 4 is 14.2 Å². The van der Waals surface area contributed by atoms with Gasteiger partial charge in [-0.25, -0.2) is 0 Å². The second-order valence-corrected chi connectivity index (χ2v) is 11.4. The molecule has 3 nitrogen and oxygen atoms in total. The van der Waals surface area contributed by atoms with Gasteiger partial charge in [0.2, 0.25) is 5.91 Å². The number of nitrogens with one attached hydrogen (secondary N) is 1. The van der Waals surface area contributed by atoms with E-state index >= 15 is 0 Å². The second kappa shape index (κ2) is 5.06. The molecule has 1 N–H and O–H groups in total. The van der Waals surface area contributed by atoms with E-state index in [0.29, 0.717) is 6.42 Å². The first-order valence-electron chi connectivity index (χ1n) is 6.52. The predicted octanol–water partition coefficient (Wildman–Crippen LogP) is 2.53. The molecule has 0 aliphatic carbocycles. The van der Waals surface area contributed by atoms with E-state index in [-0.39, 0.29) is 29.0 Å². The van der Waals surface area contributed by atoms with Gasteiger partial charge >= 0.3 is 0 Å². The van der Waals surface area contributed by atoms with Crippen LogP contribution in [0.3, 0.4) is 0 Å². The summed E-state index contributed by atoms with van der Waals surface area (Å²) >= 11 is 0. The highest BCUT2D eigenvalue weighted by molar-refractivity contribution is 6.74. The number of carbonyl (C=O) groups is 1. The molecule has 102 valence electrons. The summed E-state index contributed by atoms with van der Waals surface area (Å²) in [6, 6.07) is 0.0854. The van der Waals surface area contributed by atoms with Gasteiger partial charge in [-0.05, 0) is 25.1 Å². The van der Waals surface area contributed by atoms with Crippen LogP contribution in [-0.2, 0) is 9.22 Å². The molecule has 0 aromatic heterocycles. The maximum atomic E-state index is 11.6. The van der Waals surface area contributed by atoms with E-state index in [2.05, 4.69) is 45.1 Å². The second-order valence-electron chi connectivity index (χ2n) is 6.63. The van der Waals surface area contributed by atoms with Crippen LogP contribution in [0.2, 0.25) is 18.1 Å². The van der Waals surface area contributed by atoms with Gasteiger partial charge in [0, 0.05) is 6.42 Å². The zero-order valence-corrected chi connectivity index (χ0v) is 13.3. The minimum Gasteiger partial charge on any atom is -0.413 e. The molecule has 0 spiro atoms. The molecular formula is C14H25NO2Si. The smallest absolute Gasteiger partial charge is 0.228 e. The molecule has 4 heteroatoms. The molecule has 0 bridgehead atoms. The maximum absolute atomic E-state index is 11.6. The third-order valence-corrected chi connectivity index (χ3v) is 8.77. The average Bonchev–Trinajstić information content (AvgIpc) is 2.13. The minimum absolute atomic E-state index is 0.0574. The largest absolute Gasteiger partial charge is 0.413 e. The van der Waals surface area contributed by atoms with Gasteiger partial charge in [-0.2, -0.15) is 0 Å². The van der Waals surface area contributed by atoms with Crippen molar-refractivity contribution < 1.29 is 9.22 Å². The summed E-state index contributed by atoms with van der Waals surface area (Å²) in [5, 5.41) is 3.01. The molecule has 1 fully saturated rings. The van der Waals surface area contributed by atoms with Crippen LogP contribution in [-0.4, -0.2) is 26.4 Å². The molecule has 1 saturated heterocycles. The first-order chi connectivity index (χ1) is 8.10. The van der Waals surface area contributed by atoms with Crippen LogP contribution in [0.5, 0.6) is 0 Å². The lowest BCUT2D eigenvalue weighted by atomic mass is 9.84. The molecule has 1 aliphatic rings. The van der Waals surface area contributed by atoms with Crippen molar-refractivity contribution in [3.8, 4) is 12.3 Å². The molecule has 0 aromatic carbocycles. The number of amides is 1. The zero-order valence-electron chi connectivity index (χ0n) is 12.3. The summed E-state index contributed by atoms with van der Waals surface area (Å²) in [4.78, 5) is 11.6. The van der Waals surface area contributed by atoms with Gasteiger partial charge in [0.05, 0.1) is 18.1 Å². The van der Waals surface area contributed by atoms with Crippen LogP contribution in [0.1, 0.15) is 34.1 Å². The highest BCUT2D eigenvalue weighted by Crippen LogP contribution is 2.39. The van der Waals surface area contributed by atoms with Gasteiger partial charge in [0.1, 0.15) is 0 Å². The van der Waals surface area contributed by atoms with Crippen LogP contribution >= 0.6 is 0 Å². The quantitative estimate of drug-likeness (QED) is 0.483. The van der Waals surface area contributed by atoms with Gasteiger partial charge in [-0.1, -0.05) is 20.8 Å². The third-order valence-electron chi connectivity index (χ3n) is 4.19. The normalized spacial score (nSPS) is 25.9. The highest BCUT2D eigenvalue weighted by atomic mass is 28.4. The van der Waals surface area contributed by atoms with Crippen molar-refractivity contribution in [2.75, 3.05) is 0 Å². The van der Waals surface area contributed by atoms with Crippen LogP contribution in [0.25, 0.3) is 0 Å². The predicted molar refractivity (Wildman–Crippen MR) is 76.6 cm³/mol. The van der Waals surface area contributed by atoms with Gasteiger partial charge in [-0.15, -0.1) is 12.3 Å². The van der Waals surface area contributed by atoms with Crippen molar-refractivity contribution in [1.29, 1.82) is 0 Å². The molecule has 1 aliphatic heterocycles. The molecule has 0 saturated carbocycles. The van der Waals surface area contributed by atoms with Gasteiger partial charge in [-0.3, -0.25) is 4.79 Å². The number of β-lactam (4-membered cyclic amide) rings is 1. The highest BCUT2D eigenvalue weighted by Gasteiger charge is 2.46. The van der Waals surface area contributed by atoms with Crippen LogP contribution in [0.15, 0.2) is 0 Å². The molecule has 0 unspecified atom stereocenters. The van der Waals surface area contributed by atoms with E-state index in [1.807, 2.05) is 6.92 Å². The summed E-state index contributed by atoms with van der Waals surface area (Å²) in [6.07, 6.45) is 5.84. The number of hydrogen-bond donors (Lipinski definition) is 1. The lowest BCUT2D eigenvalue weighted by Crippen LogP contribution is -2.63. The lowest BCUT2D eigenvalue weighted by Gasteiger charge is -2.45. The molecule has 18 heavy (non-hydrogen) atoms. The summed E-state index contributed by atoms with van der Waals surface area (Å²) in [5.41, 5.74) is 0. The molecule has 3 atom stereocenters. The first kappa shape index (κ1) is 15.3. The Bertz CT molecular complexity index is 365. The Balaban J connectivity index is 2.68. The molecule has 0 aromatic rings. The Morgan fingerprint density at radius 2 is 2.06 bits per heavy atom. The van der Waals surface area contributed by atoms with Crippen LogP contribution in [0, 0.1) is 18.3 Å².